The molecule has 0 N–H and O–H groups in total. The normalized spacial score (nSPS) is 15.7. The predicted octanol–water partition coefficient (Wildman–Crippen LogP) is 3.54. The van der Waals surface area contributed by atoms with Crippen LogP contribution in [0.5, 0.6) is 0 Å². The molecular weight excluding hydrogens is 406 g/mol. The molecule has 164 valence electrons. The van der Waals surface area contributed by atoms with Crippen LogP contribution >= 0.6 is 0 Å². The Kier molecular flexibility index (Phi) is 5.13. The fourth-order valence-electron chi connectivity index (χ4n) is 4.61. The van der Waals surface area contributed by atoms with E-state index in [1.165, 1.54) is 17.7 Å². The second kappa shape index (κ2) is 8.11. The third-order valence-corrected chi connectivity index (χ3v) is 6.40. The molecule has 2 heterocycles. The smallest absolute Gasteiger partial charge is 0.274 e. The molecule has 2 aliphatic rings. The zero-order chi connectivity index (χ0) is 22.2. The van der Waals surface area contributed by atoms with Gasteiger partial charge in [-0.2, -0.15) is 5.10 Å². The third kappa shape index (κ3) is 3.62. The monoisotopic (exact) mass is 431 g/mol. The van der Waals surface area contributed by atoms with Crippen LogP contribution in [-0.2, 0) is 12.8 Å². The highest BCUT2D eigenvalue weighted by Gasteiger charge is 2.31. The summed E-state index contributed by atoms with van der Waals surface area (Å²) in [4.78, 5) is 27.9. The second-order valence-electron chi connectivity index (χ2n) is 8.43. The minimum Gasteiger partial charge on any atom is -0.368 e. The Morgan fingerprint density at radius 1 is 0.938 bits per heavy atom. The maximum atomic E-state index is 13.4. The number of amides is 1. The lowest BCUT2D eigenvalue weighted by Crippen LogP contribution is -2.49. The van der Waals surface area contributed by atoms with E-state index in [2.05, 4.69) is 36.1 Å². The summed E-state index contributed by atoms with van der Waals surface area (Å²) in [6, 6.07) is 14.8. The van der Waals surface area contributed by atoms with Crippen molar-refractivity contribution in [3.8, 4) is 5.69 Å². The third-order valence-electron chi connectivity index (χ3n) is 6.40. The van der Waals surface area contributed by atoms with Gasteiger partial charge in [0.25, 0.3) is 11.6 Å². The van der Waals surface area contributed by atoms with Gasteiger partial charge < -0.3 is 9.80 Å². The van der Waals surface area contributed by atoms with Crippen LogP contribution in [0.15, 0.2) is 48.5 Å². The Hall–Kier alpha value is -3.68. The lowest BCUT2D eigenvalue weighted by molar-refractivity contribution is -0.384. The van der Waals surface area contributed by atoms with Crippen molar-refractivity contribution in [1.29, 1.82) is 0 Å². The highest BCUT2D eigenvalue weighted by Crippen LogP contribution is 2.29. The lowest BCUT2D eigenvalue weighted by atomic mass is 10.1. The SMILES string of the molecule is Cc1ccc(-n2nc(C(=O)N3CCN(c4ccc([N+](=O)[O-])cc4)CC3)c3c2CCC3)cc1. The number of carbonyl (C=O) groups is 1. The van der Waals surface area contributed by atoms with E-state index in [4.69, 9.17) is 5.10 Å². The van der Waals surface area contributed by atoms with Gasteiger partial charge in [0.2, 0.25) is 0 Å². The number of nitro groups is 1. The number of hydrogen-bond acceptors (Lipinski definition) is 5. The van der Waals surface area contributed by atoms with Gasteiger partial charge in [0.15, 0.2) is 5.69 Å². The number of aromatic nitrogens is 2. The van der Waals surface area contributed by atoms with E-state index in [1.54, 1.807) is 12.1 Å². The molecule has 0 saturated carbocycles. The number of benzene rings is 2. The maximum absolute atomic E-state index is 13.4. The van der Waals surface area contributed by atoms with Crippen LogP contribution < -0.4 is 4.90 Å². The van der Waals surface area contributed by atoms with Crippen LogP contribution in [0.3, 0.4) is 0 Å². The zero-order valence-corrected chi connectivity index (χ0v) is 18.0. The van der Waals surface area contributed by atoms with E-state index in [0.29, 0.717) is 31.9 Å². The minimum absolute atomic E-state index is 0.00244. The first-order chi connectivity index (χ1) is 15.5. The van der Waals surface area contributed by atoms with Crippen LogP contribution in [0.25, 0.3) is 5.69 Å². The Labute approximate surface area is 186 Å². The summed E-state index contributed by atoms with van der Waals surface area (Å²) in [7, 11) is 0. The first kappa shape index (κ1) is 20.2. The summed E-state index contributed by atoms with van der Waals surface area (Å²) in [5, 5.41) is 15.6. The molecule has 8 nitrogen and oxygen atoms in total. The van der Waals surface area contributed by atoms with Crippen molar-refractivity contribution in [2.75, 3.05) is 31.1 Å². The van der Waals surface area contributed by atoms with Crippen LogP contribution in [0.1, 0.15) is 33.7 Å². The van der Waals surface area contributed by atoms with Gasteiger partial charge in [-0.15, -0.1) is 0 Å². The summed E-state index contributed by atoms with van der Waals surface area (Å²) < 4.78 is 1.95. The zero-order valence-electron chi connectivity index (χ0n) is 18.0. The molecule has 32 heavy (non-hydrogen) atoms. The number of aryl methyl sites for hydroxylation is 1. The van der Waals surface area contributed by atoms with Crippen LogP contribution in [0, 0.1) is 17.0 Å². The fourth-order valence-corrected chi connectivity index (χ4v) is 4.61. The molecule has 0 bridgehead atoms. The summed E-state index contributed by atoms with van der Waals surface area (Å²) in [5.41, 5.74) is 6.04. The van der Waals surface area contributed by atoms with Gasteiger partial charge in [0, 0.05) is 55.3 Å². The summed E-state index contributed by atoms with van der Waals surface area (Å²) in [6.45, 7) is 4.63. The van der Waals surface area contributed by atoms with Gasteiger partial charge in [-0.3, -0.25) is 14.9 Å². The molecule has 1 aliphatic carbocycles. The molecule has 5 rings (SSSR count). The molecular formula is C24H25N5O3. The second-order valence-corrected chi connectivity index (χ2v) is 8.43. The molecule has 8 heteroatoms. The minimum atomic E-state index is -0.394. The van der Waals surface area contributed by atoms with Crippen molar-refractivity contribution in [2.45, 2.75) is 26.2 Å². The molecule has 1 aliphatic heterocycles. The number of fused-ring (bicyclic) bond motifs is 1. The Morgan fingerprint density at radius 2 is 1.59 bits per heavy atom. The molecule has 3 aromatic rings. The number of carbonyl (C=O) groups excluding carboxylic acids is 1. The molecule has 0 radical (unpaired) electrons. The molecule has 1 amide bonds. The predicted molar refractivity (Wildman–Crippen MR) is 122 cm³/mol. The van der Waals surface area contributed by atoms with Gasteiger partial charge in [0.05, 0.1) is 10.6 Å². The highest BCUT2D eigenvalue weighted by atomic mass is 16.6. The largest absolute Gasteiger partial charge is 0.368 e. The van der Waals surface area contributed by atoms with Crippen LogP contribution in [-0.4, -0.2) is 51.7 Å². The topological polar surface area (TPSA) is 84.5 Å². The first-order valence-electron chi connectivity index (χ1n) is 11.0. The van der Waals surface area contributed by atoms with E-state index >= 15 is 0 Å². The Morgan fingerprint density at radius 3 is 2.25 bits per heavy atom. The van der Waals surface area contributed by atoms with Crippen molar-refractivity contribution in [3.05, 3.63) is 81.2 Å². The maximum Gasteiger partial charge on any atom is 0.274 e. The van der Waals surface area contributed by atoms with Gasteiger partial charge in [0.1, 0.15) is 0 Å². The number of nitrogens with zero attached hydrogens (tertiary/aromatic N) is 5. The Balaban J connectivity index is 1.32. The number of piperazine rings is 1. The summed E-state index contributed by atoms with van der Waals surface area (Å²) in [5.74, 6) is -0.00244. The summed E-state index contributed by atoms with van der Waals surface area (Å²) in [6.07, 6.45) is 2.88. The first-order valence-corrected chi connectivity index (χ1v) is 11.0. The van der Waals surface area contributed by atoms with E-state index in [9.17, 15) is 14.9 Å². The highest BCUT2D eigenvalue weighted by molar-refractivity contribution is 5.94. The molecule has 0 atom stereocenters. The standard InChI is InChI=1S/C24H25N5O3/c1-17-5-7-19(8-6-17)28-22-4-2-3-21(22)23(25-28)24(30)27-15-13-26(14-16-27)18-9-11-20(12-10-18)29(31)32/h5-12H,2-4,13-16H2,1H3. The Bertz CT molecular complexity index is 1160. The van der Waals surface area contributed by atoms with Crippen molar-refractivity contribution in [3.63, 3.8) is 0 Å². The van der Waals surface area contributed by atoms with Crippen LogP contribution in [0.2, 0.25) is 0 Å². The number of non-ortho nitro benzene ring substituents is 1. The summed E-state index contributed by atoms with van der Waals surface area (Å²) >= 11 is 0. The quantitative estimate of drug-likeness (QED) is 0.466. The average Bonchev–Trinajstić information content (AvgIpc) is 3.43. The van der Waals surface area contributed by atoms with E-state index < -0.39 is 4.92 Å². The van der Waals surface area contributed by atoms with E-state index in [1.807, 2.05) is 9.58 Å². The van der Waals surface area contributed by atoms with Crippen molar-refractivity contribution >= 4 is 17.3 Å². The fraction of sp³-hybridized carbons (Fsp3) is 0.333. The van der Waals surface area contributed by atoms with Crippen molar-refractivity contribution in [1.82, 2.24) is 14.7 Å². The molecule has 0 spiro atoms. The average molecular weight is 431 g/mol. The van der Waals surface area contributed by atoms with Crippen molar-refractivity contribution in [2.24, 2.45) is 0 Å². The van der Waals surface area contributed by atoms with Gasteiger partial charge in [-0.05, 0) is 50.5 Å². The van der Waals surface area contributed by atoms with E-state index in [-0.39, 0.29) is 11.6 Å². The molecule has 1 saturated heterocycles. The van der Waals surface area contributed by atoms with Gasteiger partial charge in [-0.1, -0.05) is 17.7 Å². The van der Waals surface area contributed by atoms with Crippen molar-refractivity contribution < 1.29 is 9.72 Å². The molecule has 1 aromatic heterocycles. The number of hydrogen-bond donors (Lipinski definition) is 0. The van der Waals surface area contributed by atoms with Crippen LogP contribution in [0.4, 0.5) is 11.4 Å². The van der Waals surface area contributed by atoms with Gasteiger partial charge in [-0.25, -0.2) is 4.68 Å². The van der Waals surface area contributed by atoms with E-state index in [0.717, 1.165) is 41.9 Å². The molecule has 1 fully saturated rings. The molecule has 0 unspecified atom stereocenters. The number of anilines is 1. The lowest BCUT2D eigenvalue weighted by Gasteiger charge is -2.35. The van der Waals surface area contributed by atoms with Gasteiger partial charge >= 0.3 is 0 Å². The number of rotatable bonds is 4. The number of nitro benzene ring substituents is 1. The molecule has 2 aromatic carbocycles.